The molecule has 5 nitrogen and oxygen atoms in total. The van der Waals surface area contributed by atoms with Gasteiger partial charge in [-0.3, -0.25) is 0 Å². The van der Waals surface area contributed by atoms with Crippen molar-refractivity contribution in [1.82, 2.24) is 4.98 Å². The van der Waals surface area contributed by atoms with E-state index in [0.717, 1.165) is 0 Å². The molecule has 0 atom stereocenters. The third-order valence-electron chi connectivity index (χ3n) is 1.97. The number of hydrogen-bond acceptors (Lipinski definition) is 5. The van der Waals surface area contributed by atoms with Gasteiger partial charge in [0.2, 0.25) is 5.88 Å². The third kappa shape index (κ3) is 2.28. The van der Waals surface area contributed by atoms with Crippen molar-refractivity contribution in [2.75, 3.05) is 13.7 Å². The van der Waals surface area contributed by atoms with Gasteiger partial charge in [-0.25, -0.2) is 9.78 Å². The standard InChI is InChI=1S/C11H12N2O3/c1-4-16-11(14)9-5-7(2)8(6-12)10(13-9)15-3/h5H,4H2,1-3H3. The largest absolute Gasteiger partial charge is 0.480 e. The third-order valence-corrected chi connectivity index (χ3v) is 1.97. The molecule has 0 N–H and O–H groups in total. The smallest absolute Gasteiger partial charge is 0.357 e. The first-order valence-electron chi connectivity index (χ1n) is 4.76. The van der Waals surface area contributed by atoms with Gasteiger partial charge in [0.25, 0.3) is 0 Å². The second kappa shape index (κ2) is 5.12. The van der Waals surface area contributed by atoms with Crippen LogP contribution >= 0.6 is 0 Å². The van der Waals surface area contributed by atoms with E-state index in [1.807, 2.05) is 6.07 Å². The molecule has 0 aliphatic rings. The summed E-state index contributed by atoms with van der Waals surface area (Å²) in [5, 5.41) is 8.88. The van der Waals surface area contributed by atoms with E-state index in [2.05, 4.69) is 4.98 Å². The summed E-state index contributed by atoms with van der Waals surface area (Å²) in [6, 6.07) is 3.49. The molecule has 84 valence electrons. The molecule has 0 aliphatic heterocycles. The number of carbonyl (C=O) groups is 1. The fraction of sp³-hybridized carbons (Fsp3) is 0.364. The summed E-state index contributed by atoms with van der Waals surface area (Å²) in [7, 11) is 1.40. The molecule has 0 bridgehead atoms. The maximum Gasteiger partial charge on any atom is 0.357 e. The van der Waals surface area contributed by atoms with Crippen LogP contribution in [0.4, 0.5) is 0 Å². The number of aryl methyl sites for hydroxylation is 1. The van der Waals surface area contributed by atoms with E-state index in [1.165, 1.54) is 13.2 Å². The average Bonchev–Trinajstić information content (AvgIpc) is 2.28. The molecule has 16 heavy (non-hydrogen) atoms. The van der Waals surface area contributed by atoms with Crippen LogP contribution in [0.25, 0.3) is 0 Å². The van der Waals surface area contributed by atoms with Crippen molar-refractivity contribution in [2.45, 2.75) is 13.8 Å². The first-order valence-corrected chi connectivity index (χ1v) is 4.76. The van der Waals surface area contributed by atoms with Crippen LogP contribution in [0.15, 0.2) is 6.07 Å². The number of esters is 1. The van der Waals surface area contributed by atoms with E-state index in [0.29, 0.717) is 11.1 Å². The quantitative estimate of drug-likeness (QED) is 0.721. The van der Waals surface area contributed by atoms with Crippen LogP contribution in [0.3, 0.4) is 0 Å². The second-order valence-electron chi connectivity index (χ2n) is 3.04. The number of methoxy groups -OCH3 is 1. The van der Waals surface area contributed by atoms with E-state index in [4.69, 9.17) is 14.7 Å². The minimum absolute atomic E-state index is 0.144. The van der Waals surface area contributed by atoms with Gasteiger partial charge in [0.05, 0.1) is 13.7 Å². The van der Waals surface area contributed by atoms with Crippen LogP contribution in [0.5, 0.6) is 5.88 Å². The van der Waals surface area contributed by atoms with E-state index in [9.17, 15) is 4.79 Å². The Bertz CT molecular complexity index is 449. The Labute approximate surface area is 93.6 Å². The molecule has 1 aromatic heterocycles. The molecule has 0 spiro atoms. The molecule has 0 aliphatic carbocycles. The number of nitrogens with zero attached hydrogens (tertiary/aromatic N) is 2. The zero-order valence-corrected chi connectivity index (χ0v) is 9.40. The van der Waals surface area contributed by atoms with E-state index >= 15 is 0 Å². The number of nitriles is 1. The molecule has 0 amide bonds. The van der Waals surface area contributed by atoms with Crippen LogP contribution in [-0.2, 0) is 4.74 Å². The van der Waals surface area contributed by atoms with Gasteiger partial charge in [0.1, 0.15) is 11.6 Å². The number of carbonyl (C=O) groups excluding carboxylic acids is 1. The summed E-state index contributed by atoms with van der Waals surface area (Å²) in [5.74, 6) is -0.376. The Hall–Kier alpha value is -2.09. The molecule has 0 saturated carbocycles. The summed E-state index contributed by atoms with van der Waals surface area (Å²) in [6.45, 7) is 3.71. The van der Waals surface area contributed by atoms with Crippen molar-refractivity contribution in [3.63, 3.8) is 0 Å². The number of ether oxygens (including phenoxy) is 2. The van der Waals surface area contributed by atoms with Crippen LogP contribution in [0.1, 0.15) is 28.5 Å². The van der Waals surface area contributed by atoms with Crippen molar-refractivity contribution >= 4 is 5.97 Å². The van der Waals surface area contributed by atoms with Gasteiger partial charge >= 0.3 is 5.97 Å². The number of aromatic nitrogens is 1. The van der Waals surface area contributed by atoms with Crippen molar-refractivity contribution in [1.29, 1.82) is 5.26 Å². The van der Waals surface area contributed by atoms with E-state index < -0.39 is 5.97 Å². The van der Waals surface area contributed by atoms with E-state index in [1.54, 1.807) is 13.8 Å². The summed E-state index contributed by atoms with van der Waals surface area (Å²) < 4.78 is 9.76. The van der Waals surface area contributed by atoms with Crippen LogP contribution in [-0.4, -0.2) is 24.7 Å². The first-order chi connectivity index (χ1) is 7.63. The Morgan fingerprint density at radius 3 is 2.81 bits per heavy atom. The van der Waals surface area contributed by atoms with Gasteiger partial charge in [-0.2, -0.15) is 5.26 Å². The molecule has 1 heterocycles. The molecule has 1 rings (SSSR count). The summed E-state index contributed by atoms with van der Waals surface area (Å²) in [6.07, 6.45) is 0. The summed E-state index contributed by atoms with van der Waals surface area (Å²) >= 11 is 0. The molecule has 0 fully saturated rings. The molecule has 0 saturated heterocycles. The molecule has 1 aromatic rings. The Kier molecular flexibility index (Phi) is 3.84. The molecule has 0 unspecified atom stereocenters. The van der Waals surface area contributed by atoms with Gasteiger partial charge in [-0.1, -0.05) is 0 Å². The van der Waals surface area contributed by atoms with Crippen molar-refractivity contribution in [3.05, 3.63) is 22.9 Å². The highest BCUT2D eigenvalue weighted by Crippen LogP contribution is 2.19. The number of pyridine rings is 1. The zero-order chi connectivity index (χ0) is 12.1. The SMILES string of the molecule is CCOC(=O)c1cc(C)c(C#N)c(OC)n1. The zero-order valence-electron chi connectivity index (χ0n) is 9.40. The molecular weight excluding hydrogens is 208 g/mol. The van der Waals surface area contributed by atoms with Crippen molar-refractivity contribution in [2.24, 2.45) is 0 Å². The Balaban J connectivity index is 3.21. The lowest BCUT2D eigenvalue weighted by Crippen LogP contribution is -2.09. The summed E-state index contributed by atoms with van der Waals surface area (Å²) in [4.78, 5) is 15.4. The fourth-order valence-electron chi connectivity index (χ4n) is 1.24. The van der Waals surface area contributed by atoms with Gasteiger partial charge in [0, 0.05) is 0 Å². The van der Waals surface area contributed by atoms with Crippen LogP contribution in [0, 0.1) is 18.3 Å². The predicted octanol–water partition coefficient (Wildman–Crippen LogP) is 1.45. The lowest BCUT2D eigenvalue weighted by atomic mass is 10.1. The van der Waals surface area contributed by atoms with Crippen molar-refractivity contribution < 1.29 is 14.3 Å². The van der Waals surface area contributed by atoms with Crippen LogP contribution in [0.2, 0.25) is 0 Å². The monoisotopic (exact) mass is 220 g/mol. The molecule has 5 heteroatoms. The lowest BCUT2D eigenvalue weighted by Gasteiger charge is -2.07. The van der Waals surface area contributed by atoms with Crippen molar-refractivity contribution in [3.8, 4) is 11.9 Å². The van der Waals surface area contributed by atoms with Gasteiger partial charge < -0.3 is 9.47 Å². The number of hydrogen-bond donors (Lipinski definition) is 0. The highest BCUT2D eigenvalue weighted by Gasteiger charge is 2.15. The fourth-order valence-corrected chi connectivity index (χ4v) is 1.24. The van der Waals surface area contributed by atoms with Gasteiger partial charge in [-0.15, -0.1) is 0 Å². The first kappa shape index (κ1) is 12.0. The predicted molar refractivity (Wildman–Crippen MR) is 56.2 cm³/mol. The Morgan fingerprint density at radius 1 is 1.62 bits per heavy atom. The maximum absolute atomic E-state index is 11.4. The number of rotatable bonds is 3. The minimum atomic E-state index is -0.520. The lowest BCUT2D eigenvalue weighted by molar-refractivity contribution is 0.0518. The van der Waals surface area contributed by atoms with Crippen LogP contribution < -0.4 is 4.74 Å². The van der Waals surface area contributed by atoms with Gasteiger partial charge in [-0.05, 0) is 25.5 Å². The normalized spacial score (nSPS) is 9.38. The second-order valence-corrected chi connectivity index (χ2v) is 3.04. The molecule has 0 aromatic carbocycles. The Morgan fingerprint density at radius 2 is 2.31 bits per heavy atom. The average molecular weight is 220 g/mol. The molecule has 0 radical (unpaired) electrons. The minimum Gasteiger partial charge on any atom is -0.480 e. The topological polar surface area (TPSA) is 72.2 Å². The summed E-state index contributed by atoms with van der Waals surface area (Å²) in [5.41, 5.74) is 1.11. The highest BCUT2D eigenvalue weighted by atomic mass is 16.5. The highest BCUT2D eigenvalue weighted by molar-refractivity contribution is 5.87. The molecular formula is C11H12N2O3. The van der Waals surface area contributed by atoms with Gasteiger partial charge in [0.15, 0.2) is 5.69 Å². The maximum atomic E-state index is 11.4. The van der Waals surface area contributed by atoms with E-state index in [-0.39, 0.29) is 18.2 Å².